The lowest BCUT2D eigenvalue weighted by molar-refractivity contribution is -0.142. The molecule has 0 bridgehead atoms. The Bertz CT molecular complexity index is 424. The van der Waals surface area contributed by atoms with E-state index < -0.39 is 29.7 Å². The van der Waals surface area contributed by atoms with Gasteiger partial charge in [-0.15, -0.1) is 0 Å². The predicted molar refractivity (Wildman–Crippen MR) is 55.6 cm³/mol. The van der Waals surface area contributed by atoms with Crippen molar-refractivity contribution in [2.75, 3.05) is 12.3 Å². The minimum Gasteiger partial charge on any atom is -0.504 e. The summed E-state index contributed by atoms with van der Waals surface area (Å²) < 4.78 is 29.9. The number of nitrogens with zero attached hydrogens (tertiary/aromatic N) is 1. The number of alkyl halides is 2. The van der Waals surface area contributed by atoms with Crippen molar-refractivity contribution < 1.29 is 23.4 Å². The molecule has 0 saturated carbocycles. The first-order valence-electron chi connectivity index (χ1n) is 4.87. The topological polar surface area (TPSA) is 85.4 Å². The van der Waals surface area contributed by atoms with E-state index in [0.717, 1.165) is 6.07 Å². The van der Waals surface area contributed by atoms with Crippen molar-refractivity contribution >= 4 is 11.8 Å². The number of halogens is 2. The molecule has 0 unspecified atom stereocenters. The van der Waals surface area contributed by atoms with Gasteiger partial charge in [0, 0.05) is 0 Å². The monoisotopic (exact) mass is 246 g/mol. The zero-order chi connectivity index (χ0) is 13.0. The lowest BCUT2D eigenvalue weighted by Crippen LogP contribution is -2.11. The van der Waals surface area contributed by atoms with Crippen LogP contribution in [0.5, 0.6) is 5.75 Å². The largest absolute Gasteiger partial charge is 0.504 e. The molecule has 3 N–H and O–H groups in total. The maximum atomic E-state index is 12.6. The van der Waals surface area contributed by atoms with Crippen LogP contribution in [0.1, 0.15) is 24.6 Å². The summed E-state index contributed by atoms with van der Waals surface area (Å²) in [6.45, 7) is 1.75. The smallest absolute Gasteiger partial charge is 0.310 e. The Morgan fingerprint density at radius 1 is 1.65 bits per heavy atom. The fraction of sp³-hybridized carbons (Fsp3) is 0.400. The molecule has 0 spiro atoms. The second kappa shape index (κ2) is 5.42. The zero-order valence-electron chi connectivity index (χ0n) is 9.11. The molecule has 1 aromatic rings. The van der Waals surface area contributed by atoms with E-state index in [-0.39, 0.29) is 18.6 Å². The van der Waals surface area contributed by atoms with E-state index in [0.29, 0.717) is 0 Å². The zero-order valence-corrected chi connectivity index (χ0v) is 9.11. The number of ether oxygens (including phenoxy) is 1. The molecule has 0 radical (unpaired) electrons. The SMILES string of the molecule is CCOC(=O)Cc1cc(O)c(N)nc1C(F)F. The van der Waals surface area contributed by atoms with Gasteiger partial charge in [-0.2, -0.15) is 0 Å². The maximum absolute atomic E-state index is 12.6. The number of carbonyl (C=O) groups excluding carboxylic acids is 1. The van der Waals surface area contributed by atoms with E-state index in [1.807, 2.05) is 0 Å². The number of esters is 1. The Hall–Kier alpha value is -1.92. The minimum absolute atomic E-state index is 0.0925. The molecule has 1 rings (SSSR count). The number of rotatable bonds is 4. The molecule has 0 aliphatic carbocycles. The quantitative estimate of drug-likeness (QED) is 0.784. The summed E-state index contributed by atoms with van der Waals surface area (Å²) >= 11 is 0. The Labute approximate surface area is 96.2 Å². The molecule has 0 aromatic carbocycles. The lowest BCUT2D eigenvalue weighted by atomic mass is 10.1. The Kier molecular flexibility index (Phi) is 4.19. The van der Waals surface area contributed by atoms with E-state index in [2.05, 4.69) is 9.72 Å². The van der Waals surface area contributed by atoms with Gasteiger partial charge in [0.05, 0.1) is 13.0 Å². The molecule has 0 atom stereocenters. The molecular formula is C10H12F2N2O3. The number of hydrogen-bond donors (Lipinski definition) is 2. The Morgan fingerprint density at radius 2 is 2.29 bits per heavy atom. The third-order valence-corrected chi connectivity index (χ3v) is 1.99. The van der Waals surface area contributed by atoms with Crippen molar-refractivity contribution in [1.29, 1.82) is 0 Å². The van der Waals surface area contributed by atoms with Crippen molar-refractivity contribution in [1.82, 2.24) is 4.98 Å². The second-order valence-electron chi connectivity index (χ2n) is 3.22. The van der Waals surface area contributed by atoms with Crippen LogP contribution in [0.15, 0.2) is 6.07 Å². The second-order valence-corrected chi connectivity index (χ2v) is 3.22. The van der Waals surface area contributed by atoms with Crippen LogP contribution in [0.2, 0.25) is 0 Å². The number of carbonyl (C=O) groups is 1. The Morgan fingerprint density at radius 3 is 2.82 bits per heavy atom. The van der Waals surface area contributed by atoms with Gasteiger partial charge in [0.25, 0.3) is 6.43 Å². The van der Waals surface area contributed by atoms with Crippen LogP contribution in [-0.2, 0) is 16.0 Å². The van der Waals surface area contributed by atoms with Gasteiger partial charge < -0.3 is 15.6 Å². The van der Waals surface area contributed by atoms with Crippen LogP contribution in [0.3, 0.4) is 0 Å². The normalized spacial score (nSPS) is 10.6. The molecule has 0 saturated heterocycles. The van der Waals surface area contributed by atoms with Crippen LogP contribution in [0.25, 0.3) is 0 Å². The number of aromatic hydroxyl groups is 1. The highest BCUT2D eigenvalue weighted by atomic mass is 19.3. The van der Waals surface area contributed by atoms with Crippen molar-refractivity contribution in [2.45, 2.75) is 19.8 Å². The van der Waals surface area contributed by atoms with Gasteiger partial charge in [-0.1, -0.05) is 0 Å². The van der Waals surface area contributed by atoms with Gasteiger partial charge in [0.1, 0.15) is 5.69 Å². The fourth-order valence-electron chi connectivity index (χ4n) is 1.27. The van der Waals surface area contributed by atoms with Gasteiger partial charge in [0.15, 0.2) is 11.6 Å². The fourth-order valence-corrected chi connectivity index (χ4v) is 1.27. The standard InChI is InChI=1S/C10H12F2N2O3/c1-2-17-7(16)4-5-3-6(15)10(13)14-8(5)9(11)12/h3,9,15H,2,4H2,1H3,(H2,13,14). The predicted octanol–water partition coefficient (Wildman–Crippen LogP) is 1.41. The van der Waals surface area contributed by atoms with Crippen molar-refractivity contribution in [3.8, 4) is 5.75 Å². The van der Waals surface area contributed by atoms with E-state index >= 15 is 0 Å². The third-order valence-electron chi connectivity index (χ3n) is 1.99. The number of nitrogens with two attached hydrogens (primary N) is 1. The van der Waals surface area contributed by atoms with Crippen molar-refractivity contribution in [2.24, 2.45) is 0 Å². The molecular weight excluding hydrogens is 234 g/mol. The van der Waals surface area contributed by atoms with Crippen molar-refractivity contribution in [3.63, 3.8) is 0 Å². The first-order valence-corrected chi connectivity index (χ1v) is 4.87. The molecule has 5 nitrogen and oxygen atoms in total. The van der Waals surface area contributed by atoms with Crippen LogP contribution in [-0.4, -0.2) is 22.7 Å². The van der Waals surface area contributed by atoms with E-state index in [1.165, 1.54) is 0 Å². The van der Waals surface area contributed by atoms with Gasteiger partial charge in [-0.3, -0.25) is 4.79 Å². The summed E-state index contributed by atoms with van der Waals surface area (Å²) in [5, 5.41) is 9.26. The van der Waals surface area contributed by atoms with E-state index in [1.54, 1.807) is 6.92 Å². The summed E-state index contributed by atoms with van der Waals surface area (Å²) in [5.41, 5.74) is 4.50. The number of nitrogen functional groups attached to an aromatic ring is 1. The van der Waals surface area contributed by atoms with Gasteiger partial charge in [0.2, 0.25) is 0 Å². The van der Waals surface area contributed by atoms with Crippen LogP contribution < -0.4 is 5.73 Å². The molecule has 94 valence electrons. The maximum Gasteiger partial charge on any atom is 0.310 e. The summed E-state index contributed by atoms with van der Waals surface area (Å²) in [7, 11) is 0. The van der Waals surface area contributed by atoms with Gasteiger partial charge in [-0.25, -0.2) is 13.8 Å². The number of anilines is 1. The molecule has 0 fully saturated rings. The highest BCUT2D eigenvalue weighted by molar-refractivity contribution is 5.73. The molecule has 17 heavy (non-hydrogen) atoms. The number of pyridine rings is 1. The molecule has 0 aliphatic heterocycles. The van der Waals surface area contributed by atoms with Crippen LogP contribution in [0, 0.1) is 0 Å². The molecule has 1 heterocycles. The summed E-state index contributed by atoms with van der Waals surface area (Å²) in [5.74, 6) is -1.50. The molecule has 0 amide bonds. The highest BCUT2D eigenvalue weighted by Gasteiger charge is 2.20. The van der Waals surface area contributed by atoms with Crippen molar-refractivity contribution in [3.05, 3.63) is 17.3 Å². The van der Waals surface area contributed by atoms with Crippen LogP contribution >= 0.6 is 0 Å². The molecule has 7 heteroatoms. The van der Waals surface area contributed by atoms with Gasteiger partial charge in [-0.05, 0) is 18.6 Å². The van der Waals surface area contributed by atoms with Gasteiger partial charge >= 0.3 is 5.97 Å². The first-order chi connectivity index (χ1) is 7.95. The summed E-state index contributed by atoms with van der Waals surface area (Å²) in [6.07, 6.45) is -3.25. The highest BCUT2D eigenvalue weighted by Crippen LogP contribution is 2.28. The molecule has 1 aromatic heterocycles. The summed E-state index contributed by atoms with van der Waals surface area (Å²) in [6, 6.07) is 1.00. The summed E-state index contributed by atoms with van der Waals surface area (Å²) in [4.78, 5) is 14.5. The van der Waals surface area contributed by atoms with E-state index in [4.69, 9.17) is 5.73 Å². The molecule has 0 aliphatic rings. The minimum atomic E-state index is -2.87. The number of hydrogen-bond acceptors (Lipinski definition) is 5. The average molecular weight is 246 g/mol. The average Bonchev–Trinajstić information content (AvgIpc) is 2.23. The third kappa shape index (κ3) is 3.27. The number of aromatic nitrogens is 1. The van der Waals surface area contributed by atoms with Crippen LogP contribution in [0.4, 0.5) is 14.6 Å². The van der Waals surface area contributed by atoms with E-state index in [9.17, 15) is 18.7 Å². The lowest BCUT2D eigenvalue weighted by Gasteiger charge is -2.09. The Balaban J connectivity index is 3.04. The first kappa shape index (κ1) is 13.1.